The molecule has 2 heteroatoms. The molecule has 1 nitrogen and oxygen atoms in total. The van der Waals surface area contributed by atoms with Crippen LogP contribution < -0.4 is 0 Å². The van der Waals surface area contributed by atoms with Gasteiger partial charge in [0.25, 0.3) is 0 Å². The molecule has 0 saturated heterocycles. The summed E-state index contributed by atoms with van der Waals surface area (Å²) >= 11 is 0. The van der Waals surface area contributed by atoms with Gasteiger partial charge < -0.3 is 5.11 Å². The molecule has 2 aromatic carbocycles. The van der Waals surface area contributed by atoms with Gasteiger partial charge in [0.1, 0.15) is 5.82 Å². The molecule has 1 unspecified atom stereocenters. The molecular formula is C17H19FO. The Morgan fingerprint density at radius 2 is 1.79 bits per heavy atom. The van der Waals surface area contributed by atoms with Crippen molar-refractivity contribution in [1.82, 2.24) is 0 Å². The van der Waals surface area contributed by atoms with Gasteiger partial charge >= 0.3 is 0 Å². The van der Waals surface area contributed by atoms with Crippen molar-refractivity contribution in [1.29, 1.82) is 0 Å². The second-order valence-electron chi connectivity index (χ2n) is 4.98. The Kier molecular flexibility index (Phi) is 4.33. The molecule has 100 valence electrons. The van der Waals surface area contributed by atoms with E-state index in [0.29, 0.717) is 6.42 Å². The number of hydrogen-bond acceptors (Lipinski definition) is 1. The fourth-order valence-electron chi connectivity index (χ4n) is 2.35. The summed E-state index contributed by atoms with van der Waals surface area (Å²) in [4.78, 5) is 0. The van der Waals surface area contributed by atoms with E-state index >= 15 is 0 Å². The summed E-state index contributed by atoms with van der Waals surface area (Å²) in [5.41, 5.74) is 4.11. The summed E-state index contributed by atoms with van der Waals surface area (Å²) in [6.07, 6.45) is 0.933. The van der Waals surface area contributed by atoms with E-state index in [-0.39, 0.29) is 5.82 Å². The van der Waals surface area contributed by atoms with Crippen LogP contribution in [0.15, 0.2) is 42.5 Å². The van der Waals surface area contributed by atoms with E-state index in [1.807, 2.05) is 19.1 Å². The Labute approximate surface area is 113 Å². The van der Waals surface area contributed by atoms with E-state index in [1.165, 1.54) is 23.3 Å². The van der Waals surface area contributed by atoms with Gasteiger partial charge in [-0.05, 0) is 61.1 Å². The third kappa shape index (κ3) is 3.42. The normalized spacial score (nSPS) is 12.4. The first kappa shape index (κ1) is 13.8. The highest BCUT2D eigenvalue weighted by molar-refractivity contribution is 5.29. The Balaban J connectivity index is 2.05. The maximum absolute atomic E-state index is 13.0. The summed E-state index contributed by atoms with van der Waals surface area (Å²) in [5.74, 6) is -0.257. The van der Waals surface area contributed by atoms with Crippen molar-refractivity contribution in [2.45, 2.75) is 32.8 Å². The van der Waals surface area contributed by atoms with Crippen LogP contribution in [0.4, 0.5) is 4.39 Å². The van der Waals surface area contributed by atoms with E-state index in [2.05, 4.69) is 19.1 Å². The summed E-state index contributed by atoms with van der Waals surface area (Å²) in [6, 6.07) is 12.7. The number of halogens is 1. The predicted octanol–water partition coefficient (Wildman–Crippen LogP) is 4.11. The number of aliphatic hydroxyl groups excluding tert-OH is 1. The fourth-order valence-corrected chi connectivity index (χ4v) is 2.35. The molecule has 0 radical (unpaired) electrons. The van der Waals surface area contributed by atoms with Gasteiger partial charge in [-0.3, -0.25) is 0 Å². The fraction of sp³-hybridized carbons (Fsp3) is 0.294. The van der Waals surface area contributed by atoms with Crippen molar-refractivity contribution in [3.05, 3.63) is 70.5 Å². The third-order valence-corrected chi connectivity index (χ3v) is 3.54. The molecule has 0 aliphatic heterocycles. The molecule has 1 atom stereocenters. The number of benzene rings is 2. The zero-order valence-corrected chi connectivity index (χ0v) is 11.4. The molecule has 0 amide bonds. The highest BCUT2D eigenvalue weighted by Gasteiger charge is 2.11. The minimum Gasteiger partial charge on any atom is -0.388 e. The number of hydrogen-bond donors (Lipinski definition) is 1. The first-order valence-electron chi connectivity index (χ1n) is 6.56. The predicted molar refractivity (Wildman–Crippen MR) is 75.6 cm³/mol. The summed E-state index contributed by atoms with van der Waals surface area (Å²) in [6.45, 7) is 3.90. The molecule has 0 bridgehead atoms. The van der Waals surface area contributed by atoms with Gasteiger partial charge in [-0.1, -0.05) is 30.3 Å². The van der Waals surface area contributed by atoms with Crippen LogP contribution in [0.2, 0.25) is 0 Å². The number of aliphatic hydroxyl groups is 1. The number of aryl methyl sites for hydroxylation is 3. The quantitative estimate of drug-likeness (QED) is 0.875. The van der Waals surface area contributed by atoms with E-state index in [1.54, 1.807) is 6.07 Å². The Morgan fingerprint density at radius 3 is 2.47 bits per heavy atom. The molecular weight excluding hydrogens is 239 g/mol. The van der Waals surface area contributed by atoms with Crippen molar-refractivity contribution in [3.63, 3.8) is 0 Å². The molecule has 0 spiro atoms. The van der Waals surface area contributed by atoms with Gasteiger partial charge in [0.15, 0.2) is 0 Å². The topological polar surface area (TPSA) is 20.2 Å². The molecule has 2 rings (SSSR count). The molecule has 2 aromatic rings. The van der Waals surface area contributed by atoms with Gasteiger partial charge in [0.2, 0.25) is 0 Å². The van der Waals surface area contributed by atoms with Crippen LogP contribution in [0.1, 0.15) is 34.8 Å². The van der Waals surface area contributed by atoms with E-state index in [0.717, 1.165) is 17.5 Å². The Bertz CT molecular complexity index is 563. The minimum atomic E-state index is -0.541. The highest BCUT2D eigenvalue weighted by atomic mass is 19.1. The van der Waals surface area contributed by atoms with Crippen molar-refractivity contribution in [3.8, 4) is 0 Å². The van der Waals surface area contributed by atoms with Gasteiger partial charge in [-0.15, -0.1) is 0 Å². The minimum absolute atomic E-state index is 0.257. The maximum atomic E-state index is 13.0. The molecule has 0 aliphatic carbocycles. The smallest absolute Gasteiger partial charge is 0.123 e. The largest absolute Gasteiger partial charge is 0.388 e. The molecule has 0 saturated carbocycles. The van der Waals surface area contributed by atoms with Crippen LogP contribution in [0.25, 0.3) is 0 Å². The van der Waals surface area contributed by atoms with Crippen LogP contribution in [-0.2, 0) is 6.42 Å². The lowest BCUT2D eigenvalue weighted by Gasteiger charge is -2.14. The molecule has 1 N–H and O–H groups in total. The average Bonchev–Trinajstić information content (AvgIpc) is 2.37. The first-order chi connectivity index (χ1) is 9.08. The first-order valence-corrected chi connectivity index (χ1v) is 6.56. The van der Waals surface area contributed by atoms with Gasteiger partial charge in [-0.2, -0.15) is 0 Å². The second kappa shape index (κ2) is 5.98. The van der Waals surface area contributed by atoms with Crippen molar-refractivity contribution in [2.24, 2.45) is 0 Å². The summed E-state index contributed by atoms with van der Waals surface area (Å²) in [5, 5.41) is 10.2. The van der Waals surface area contributed by atoms with Crippen LogP contribution in [0.3, 0.4) is 0 Å². The zero-order valence-electron chi connectivity index (χ0n) is 11.4. The summed E-state index contributed by atoms with van der Waals surface area (Å²) in [7, 11) is 0. The lowest BCUT2D eigenvalue weighted by molar-refractivity contribution is 0.167. The van der Waals surface area contributed by atoms with Crippen LogP contribution in [0.5, 0.6) is 0 Å². The third-order valence-electron chi connectivity index (χ3n) is 3.54. The SMILES string of the molecule is Cc1ccccc1CCC(O)c1ccc(F)cc1C. The van der Waals surface area contributed by atoms with Gasteiger partial charge in [-0.25, -0.2) is 4.39 Å². The number of rotatable bonds is 4. The molecule has 0 aliphatic rings. The average molecular weight is 258 g/mol. The lowest BCUT2D eigenvalue weighted by atomic mass is 9.96. The van der Waals surface area contributed by atoms with E-state index in [9.17, 15) is 9.50 Å². The van der Waals surface area contributed by atoms with E-state index < -0.39 is 6.10 Å². The Morgan fingerprint density at radius 1 is 1.05 bits per heavy atom. The van der Waals surface area contributed by atoms with E-state index in [4.69, 9.17) is 0 Å². The second-order valence-corrected chi connectivity index (χ2v) is 4.98. The lowest BCUT2D eigenvalue weighted by Crippen LogP contribution is -2.03. The standard InChI is InChI=1S/C17H19FO/c1-12-5-3-4-6-14(12)7-10-17(19)16-9-8-15(18)11-13(16)2/h3-6,8-9,11,17,19H,7,10H2,1-2H3. The Hall–Kier alpha value is -1.67. The molecule has 0 heterocycles. The van der Waals surface area contributed by atoms with Crippen LogP contribution in [-0.4, -0.2) is 5.11 Å². The van der Waals surface area contributed by atoms with Crippen molar-refractivity contribution in [2.75, 3.05) is 0 Å². The van der Waals surface area contributed by atoms with Crippen LogP contribution in [0, 0.1) is 19.7 Å². The molecule has 0 fully saturated rings. The van der Waals surface area contributed by atoms with Crippen LogP contribution >= 0.6 is 0 Å². The van der Waals surface area contributed by atoms with Gasteiger partial charge in [0.05, 0.1) is 6.10 Å². The monoisotopic (exact) mass is 258 g/mol. The maximum Gasteiger partial charge on any atom is 0.123 e. The van der Waals surface area contributed by atoms with Gasteiger partial charge in [0, 0.05) is 0 Å². The summed E-state index contributed by atoms with van der Waals surface area (Å²) < 4.78 is 13.0. The van der Waals surface area contributed by atoms with Crippen molar-refractivity contribution < 1.29 is 9.50 Å². The highest BCUT2D eigenvalue weighted by Crippen LogP contribution is 2.23. The molecule has 19 heavy (non-hydrogen) atoms. The van der Waals surface area contributed by atoms with Crippen molar-refractivity contribution >= 4 is 0 Å². The zero-order chi connectivity index (χ0) is 13.8. The molecule has 0 aromatic heterocycles.